The molecule has 0 bridgehead atoms. The van der Waals surface area contributed by atoms with E-state index in [4.69, 9.17) is 5.73 Å². The van der Waals surface area contributed by atoms with Crippen molar-refractivity contribution >= 4 is 24.8 Å². The van der Waals surface area contributed by atoms with Crippen LogP contribution in [-0.4, -0.2) is 18.6 Å². The zero-order chi connectivity index (χ0) is 6.74. The molecule has 0 spiro atoms. The Labute approximate surface area is 81.1 Å². The number of hydrogen-bond donors (Lipinski definition) is 2. The van der Waals surface area contributed by atoms with Crippen molar-refractivity contribution in [3.05, 3.63) is 0 Å². The Hall–Kier alpha value is 0.500. The zero-order valence-electron chi connectivity index (χ0n) is 6.93. The fourth-order valence-corrected chi connectivity index (χ4v) is 1.28. The first-order valence-corrected chi connectivity index (χ1v) is 3.76. The highest BCUT2D eigenvalue weighted by molar-refractivity contribution is 5.85. The molecule has 1 saturated heterocycles. The van der Waals surface area contributed by atoms with Gasteiger partial charge in [0.05, 0.1) is 0 Å². The Balaban J connectivity index is 0. The first-order valence-electron chi connectivity index (χ1n) is 3.76. The summed E-state index contributed by atoms with van der Waals surface area (Å²) >= 11 is 0. The van der Waals surface area contributed by atoms with E-state index in [1.165, 1.54) is 0 Å². The SMILES string of the molecule is CCC1(N)CCNCC1.Cl.Cl. The molecular formula is C7H18Cl2N2. The Morgan fingerprint density at radius 1 is 1.27 bits per heavy atom. The van der Waals surface area contributed by atoms with Crippen LogP contribution in [0.15, 0.2) is 0 Å². The predicted octanol–water partition coefficient (Wildman–Crippen LogP) is 1.32. The molecule has 0 saturated carbocycles. The van der Waals surface area contributed by atoms with Crippen LogP contribution >= 0.6 is 24.8 Å². The predicted molar refractivity (Wildman–Crippen MR) is 53.8 cm³/mol. The second-order valence-electron chi connectivity index (χ2n) is 2.97. The number of nitrogens with one attached hydrogen (secondary N) is 1. The van der Waals surface area contributed by atoms with Gasteiger partial charge in [0.15, 0.2) is 0 Å². The first-order chi connectivity index (χ1) is 4.27. The third kappa shape index (κ3) is 4.16. The topological polar surface area (TPSA) is 38.0 Å². The molecule has 1 aliphatic rings. The molecule has 0 aromatic carbocycles. The molecule has 4 heteroatoms. The van der Waals surface area contributed by atoms with Gasteiger partial charge in [-0.2, -0.15) is 0 Å². The minimum atomic E-state index is 0. The van der Waals surface area contributed by atoms with Gasteiger partial charge in [-0.25, -0.2) is 0 Å². The van der Waals surface area contributed by atoms with E-state index in [1.807, 2.05) is 0 Å². The molecule has 0 radical (unpaired) electrons. The van der Waals surface area contributed by atoms with E-state index in [1.54, 1.807) is 0 Å². The van der Waals surface area contributed by atoms with Crippen LogP contribution in [0, 0.1) is 0 Å². The molecule has 1 rings (SSSR count). The lowest BCUT2D eigenvalue weighted by atomic mass is 9.87. The summed E-state index contributed by atoms with van der Waals surface area (Å²) in [5.74, 6) is 0. The molecule has 1 aliphatic heterocycles. The highest BCUT2D eigenvalue weighted by Crippen LogP contribution is 2.17. The van der Waals surface area contributed by atoms with Crippen LogP contribution in [0.5, 0.6) is 0 Å². The smallest absolute Gasteiger partial charge is 0.0175 e. The van der Waals surface area contributed by atoms with Crippen molar-refractivity contribution in [2.45, 2.75) is 31.7 Å². The molecule has 0 aromatic rings. The maximum atomic E-state index is 6.02. The van der Waals surface area contributed by atoms with E-state index in [-0.39, 0.29) is 30.4 Å². The molecule has 0 amide bonds. The van der Waals surface area contributed by atoms with Gasteiger partial charge >= 0.3 is 0 Å². The number of nitrogens with two attached hydrogens (primary N) is 1. The zero-order valence-corrected chi connectivity index (χ0v) is 8.56. The molecule has 2 nitrogen and oxygen atoms in total. The van der Waals surface area contributed by atoms with Gasteiger partial charge < -0.3 is 11.1 Å². The summed E-state index contributed by atoms with van der Waals surface area (Å²) in [4.78, 5) is 0. The van der Waals surface area contributed by atoms with Gasteiger partial charge in [0, 0.05) is 5.54 Å². The van der Waals surface area contributed by atoms with Crippen molar-refractivity contribution < 1.29 is 0 Å². The summed E-state index contributed by atoms with van der Waals surface area (Å²) in [6.45, 7) is 4.38. The Bertz CT molecular complexity index is 92.4. The lowest BCUT2D eigenvalue weighted by molar-refractivity contribution is 0.301. The van der Waals surface area contributed by atoms with Crippen molar-refractivity contribution in [1.29, 1.82) is 0 Å². The van der Waals surface area contributed by atoms with Crippen LogP contribution in [0.2, 0.25) is 0 Å². The largest absolute Gasteiger partial charge is 0.325 e. The summed E-state index contributed by atoms with van der Waals surface area (Å²) in [5.41, 5.74) is 6.18. The molecular weight excluding hydrogens is 183 g/mol. The Morgan fingerprint density at radius 2 is 1.73 bits per heavy atom. The van der Waals surface area contributed by atoms with Crippen LogP contribution < -0.4 is 11.1 Å². The highest BCUT2D eigenvalue weighted by Gasteiger charge is 2.24. The van der Waals surface area contributed by atoms with Gasteiger partial charge in [0.2, 0.25) is 0 Å². The van der Waals surface area contributed by atoms with Crippen LogP contribution in [0.25, 0.3) is 0 Å². The van der Waals surface area contributed by atoms with Gasteiger partial charge in [-0.15, -0.1) is 24.8 Å². The van der Waals surface area contributed by atoms with Crippen LogP contribution in [-0.2, 0) is 0 Å². The number of rotatable bonds is 1. The molecule has 1 heterocycles. The van der Waals surface area contributed by atoms with E-state index >= 15 is 0 Å². The highest BCUT2D eigenvalue weighted by atomic mass is 35.5. The minimum Gasteiger partial charge on any atom is -0.325 e. The molecule has 0 aliphatic carbocycles. The van der Waals surface area contributed by atoms with E-state index in [2.05, 4.69) is 12.2 Å². The lowest BCUT2D eigenvalue weighted by Gasteiger charge is -2.32. The van der Waals surface area contributed by atoms with Crippen molar-refractivity contribution in [3.8, 4) is 0 Å². The minimum absolute atomic E-state index is 0. The number of halogens is 2. The van der Waals surface area contributed by atoms with E-state index < -0.39 is 0 Å². The average molecular weight is 201 g/mol. The second kappa shape index (κ2) is 6.06. The van der Waals surface area contributed by atoms with E-state index in [0.717, 1.165) is 32.4 Å². The van der Waals surface area contributed by atoms with Crippen molar-refractivity contribution in [2.75, 3.05) is 13.1 Å². The van der Waals surface area contributed by atoms with Gasteiger partial charge in [-0.3, -0.25) is 0 Å². The molecule has 0 atom stereocenters. The van der Waals surface area contributed by atoms with Crippen LogP contribution in [0.4, 0.5) is 0 Å². The van der Waals surface area contributed by atoms with Crippen molar-refractivity contribution in [3.63, 3.8) is 0 Å². The molecule has 1 fully saturated rings. The first kappa shape index (κ1) is 14.0. The Kier molecular flexibility index (Phi) is 7.75. The molecule has 11 heavy (non-hydrogen) atoms. The standard InChI is InChI=1S/C7H16N2.2ClH/c1-2-7(8)3-5-9-6-4-7;;/h9H,2-6,8H2,1H3;2*1H. The monoisotopic (exact) mass is 200 g/mol. The normalized spacial score (nSPS) is 21.3. The van der Waals surface area contributed by atoms with Gasteiger partial charge in [0.1, 0.15) is 0 Å². The molecule has 0 unspecified atom stereocenters. The Morgan fingerprint density at radius 3 is 2.00 bits per heavy atom. The second-order valence-corrected chi connectivity index (χ2v) is 2.97. The lowest BCUT2D eigenvalue weighted by Crippen LogP contribution is -2.48. The summed E-state index contributed by atoms with van der Waals surface area (Å²) < 4.78 is 0. The van der Waals surface area contributed by atoms with E-state index in [9.17, 15) is 0 Å². The number of hydrogen-bond acceptors (Lipinski definition) is 2. The van der Waals surface area contributed by atoms with E-state index in [0.29, 0.717) is 0 Å². The maximum Gasteiger partial charge on any atom is 0.0175 e. The van der Waals surface area contributed by atoms with Crippen molar-refractivity contribution in [1.82, 2.24) is 5.32 Å². The molecule has 70 valence electrons. The summed E-state index contributed by atoms with van der Waals surface area (Å²) in [5, 5.41) is 3.29. The summed E-state index contributed by atoms with van der Waals surface area (Å²) in [7, 11) is 0. The average Bonchev–Trinajstić information content (AvgIpc) is 1.90. The molecule has 3 N–H and O–H groups in total. The summed E-state index contributed by atoms with van der Waals surface area (Å²) in [6.07, 6.45) is 3.40. The van der Waals surface area contributed by atoms with Gasteiger partial charge in [-0.05, 0) is 32.4 Å². The maximum absolute atomic E-state index is 6.02. The van der Waals surface area contributed by atoms with Crippen LogP contribution in [0.3, 0.4) is 0 Å². The fraction of sp³-hybridized carbons (Fsp3) is 1.00. The quantitative estimate of drug-likeness (QED) is 0.671. The van der Waals surface area contributed by atoms with Crippen LogP contribution in [0.1, 0.15) is 26.2 Å². The summed E-state index contributed by atoms with van der Waals surface area (Å²) in [6, 6.07) is 0. The number of piperidine rings is 1. The van der Waals surface area contributed by atoms with Gasteiger partial charge in [-0.1, -0.05) is 6.92 Å². The van der Waals surface area contributed by atoms with Crippen molar-refractivity contribution in [2.24, 2.45) is 5.73 Å². The third-order valence-electron chi connectivity index (χ3n) is 2.30. The molecule has 0 aromatic heterocycles. The van der Waals surface area contributed by atoms with Gasteiger partial charge in [0.25, 0.3) is 0 Å². The third-order valence-corrected chi connectivity index (χ3v) is 2.30. The fourth-order valence-electron chi connectivity index (χ4n) is 1.28.